The number of carboxylic acid groups (broad SMARTS) is 1. The highest BCUT2D eigenvalue weighted by Crippen LogP contribution is 2.23. The lowest BCUT2D eigenvalue weighted by Crippen LogP contribution is -2.45. The summed E-state index contributed by atoms with van der Waals surface area (Å²) in [6, 6.07) is 7.41. The molecule has 7 nitrogen and oxygen atoms in total. The molecule has 2 heterocycles. The average molecular weight is 402 g/mol. The van der Waals surface area contributed by atoms with Crippen molar-refractivity contribution >= 4 is 12.1 Å². The Morgan fingerprint density at radius 3 is 2.66 bits per heavy atom. The molecule has 0 bridgehead atoms. The summed E-state index contributed by atoms with van der Waals surface area (Å²) in [5.41, 5.74) is 1.18. The van der Waals surface area contributed by atoms with Crippen LogP contribution in [0.2, 0.25) is 0 Å². The Morgan fingerprint density at radius 2 is 1.93 bits per heavy atom. The summed E-state index contributed by atoms with van der Waals surface area (Å²) in [6.07, 6.45) is 5.60. The number of piperidine rings is 1. The number of nitrogens with zero attached hydrogens (tertiary/aromatic N) is 2. The number of hydrogen-bond acceptors (Lipinski definition) is 5. The molecule has 2 unspecified atom stereocenters. The molecular formula is C22H30N2O5. The van der Waals surface area contributed by atoms with Crippen LogP contribution in [0.5, 0.6) is 5.75 Å². The molecule has 1 N–H and O–H groups in total. The first kappa shape index (κ1) is 21.2. The van der Waals surface area contributed by atoms with Gasteiger partial charge in [0.05, 0.1) is 0 Å². The van der Waals surface area contributed by atoms with Crippen molar-refractivity contribution in [3.05, 3.63) is 42.5 Å². The van der Waals surface area contributed by atoms with Crippen molar-refractivity contribution in [1.82, 2.24) is 9.80 Å². The molecule has 0 radical (unpaired) electrons. The molecule has 1 amide bonds. The molecule has 0 aromatic heterocycles. The number of ether oxygens (including phenoxy) is 2. The van der Waals surface area contributed by atoms with E-state index in [1.54, 1.807) is 6.08 Å². The molecule has 158 valence electrons. The van der Waals surface area contributed by atoms with Gasteiger partial charge in [-0.05, 0) is 49.9 Å². The maximum absolute atomic E-state index is 12.4. The summed E-state index contributed by atoms with van der Waals surface area (Å²) in [4.78, 5) is 27.4. The van der Waals surface area contributed by atoms with E-state index in [-0.39, 0.29) is 6.04 Å². The SMILES string of the molecule is C=CCOc1ccc(CN2CCCCC2COC(=O)N2CCCC2C(=O)O)cc1. The lowest BCUT2D eigenvalue weighted by Gasteiger charge is -2.35. The molecule has 2 aliphatic rings. The second-order valence-corrected chi connectivity index (χ2v) is 7.63. The maximum Gasteiger partial charge on any atom is 0.410 e. The van der Waals surface area contributed by atoms with Gasteiger partial charge in [0.1, 0.15) is 25.0 Å². The predicted octanol–water partition coefficient (Wildman–Crippen LogP) is 3.29. The minimum absolute atomic E-state index is 0.148. The van der Waals surface area contributed by atoms with Crippen molar-refractivity contribution in [2.75, 3.05) is 26.3 Å². The van der Waals surface area contributed by atoms with E-state index in [1.165, 1.54) is 10.5 Å². The second-order valence-electron chi connectivity index (χ2n) is 7.63. The van der Waals surface area contributed by atoms with Gasteiger partial charge in [0.25, 0.3) is 0 Å². The molecule has 1 aromatic carbocycles. The first-order chi connectivity index (χ1) is 14.1. The van der Waals surface area contributed by atoms with Gasteiger partial charge in [0.15, 0.2) is 0 Å². The van der Waals surface area contributed by atoms with Crippen LogP contribution in [-0.4, -0.2) is 65.4 Å². The fourth-order valence-electron chi connectivity index (χ4n) is 4.03. The molecule has 0 spiro atoms. The van der Waals surface area contributed by atoms with Gasteiger partial charge < -0.3 is 14.6 Å². The Kier molecular flexibility index (Phi) is 7.52. The van der Waals surface area contributed by atoms with Crippen LogP contribution in [0.1, 0.15) is 37.7 Å². The third-order valence-corrected chi connectivity index (χ3v) is 5.60. The molecule has 2 atom stereocenters. The van der Waals surface area contributed by atoms with Gasteiger partial charge in [-0.3, -0.25) is 9.80 Å². The van der Waals surface area contributed by atoms with Crippen molar-refractivity contribution in [1.29, 1.82) is 0 Å². The van der Waals surface area contributed by atoms with Crippen LogP contribution in [0, 0.1) is 0 Å². The summed E-state index contributed by atoms with van der Waals surface area (Å²) < 4.78 is 11.1. The topological polar surface area (TPSA) is 79.3 Å². The third-order valence-electron chi connectivity index (χ3n) is 5.60. The largest absolute Gasteiger partial charge is 0.490 e. The Labute approximate surface area is 171 Å². The number of amides is 1. The van der Waals surface area contributed by atoms with Gasteiger partial charge in [0, 0.05) is 19.1 Å². The number of benzene rings is 1. The summed E-state index contributed by atoms with van der Waals surface area (Å²) >= 11 is 0. The quantitative estimate of drug-likeness (QED) is 0.672. The van der Waals surface area contributed by atoms with Gasteiger partial charge in [0.2, 0.25) is 0 Å². The smallest absolute Gasteiger partial charge is 0.410 e. The Balaban J connectivity index is 1.53. The Bertz CT molecular complexity index is 706. The lowest BCUT2D eigenvalue weighted by molar-refractivity contribution is -0.141. The highest BCUT2D eigenvalue weighted by Gasteiger charge is 2.35. The van der Waals surface area contributed by atoms with E-state index in [1.807, 2.05) is 12.1 Å². The van der Waals surface area contributed by atoms with E-state index in [9.17, 15) is 14.7 Å². The van der Waals surface area contributed by atoms with Crippen molar-refractivity contribution < 1.29 is 24.2 Å². The number of aliphatic carboxylic acids is 1. The molecule has 29 heavy (non-hydrogen) atoms. The van der Waals surface area contributed by atoms with Gasteiger partial charge in [-0.25, -0.2) is 9.59 Å². The van der Waals surface area contributed by atoms with Crippen LogP contribution in [0.3, 0.4) is 0 Å². The van der Waals surface area contributed by atoms with Crippen LogP contribution in [0.15, 0.2) is 36.9 Å². The van der Waals surface area contributed by atoms with Gasteiger partial charge in [-0.1, -0.05) is 31.2 Å². The molecule has 0 aliphatic carbocycles. The third kappa shape index (κ3) is 5.73. The summed E-state index contributed by atoms with van der Waals surface area (Å²) in [6.45, 7) is 6.61. The number of hydrogen-bond donors (Lipinski definition) is 1. The zero-order valence-corrected chi connectivity index (χ0v) is 16.8. The Hall–Kier alpha value is -2.54. The van der Waals surface area contributed by atoms with Crippen LogP contribution >= 0.6 is 0 Å². The highest BCUT2D eigenvalue weighted by atomic mass is 16.6. The number of likely N-dealkylation sites (tertiary alicyclic amines) is 2. The van der Waals surface area contributed by atoms with E-state index < -0.39 is 18.1 Å². The van der Waals surface area contributed by atoms with Crippen molar-refractivity contribution in [2.45, 2.75) is 50.7 Å². The number of carbonyl (C=O) groups excluding carboxylic acids is 1. The van der Waals surface area contributed by atoms with E-state index in [0.29, 0.717) is 32.6 Å². The summed E-state index contributed by atoms with van der Waals surface area (Å²) in [7, 11) is 0. The summed E-state index contributed by atoms with van der Waals surface area (Å²) in [5.74, 6) is -0.143. The standard InChI is InChI=1S/C22H30N2O5/c1-2-14-28-19-10-8-17(9-11-19)15-23-12-4-3-6-18(23)16-29-22(27)24-13-5-7-20(24)21(25)26/h2,8-11,18,20H,1,3-7,12-16H2,(H,25,26). The summed E-state index contributed by atoms with van der Waals surface area (Å²) in [5, 5.41) is 9.25. The maximum atomic E-state index is 12.4. The molecule has 0 saturated carbocycles. The fourth-order valence-corrected chi connectivity index (χ4v) is 4.03. The zero-order chi connectivity index (χ0) is 20.6. The molecule has 1 aromatic rings. The first-order valence-electron chi connectivity index (χ1n) is 10.3. The molecule has 7 heteroatoms. The van der Waals surface area contributed by atoms with Gasteiger partial charge in [-0.2, -0.15) is 0 Å². The van der Waals surface area contributed by atoms with E-state index in [2.05, 4.69) is 23.6 Å². The molecular weight excluding hydrogens is 372 g/mol. The van der Waals surface area contributed by atoms with Crippen molar-refractivity contribution in [2.24, 2.45) is 0 Å². The van der Waals surface area contributed by atoms with Crippen LogP contribution < -0.4 is 4.74 Å². The monoisotopic (exact) mass is 402 g/mol. The van der Waals surface area contributed by atoms with Crippen LogP contribution in [0.4, 0.5) is 4.79 Å². The molecule has 3 rings (SSSR count). The van der Waals surface area contributed by atoms with E-state index in [4.69, 9.17) is 9.47 Å². The fraction of sp³-hybridized carbons (Fsp3) is 0.545. The number of carbonyl (C=O) groups is 2. The van der Waals surface area contributed by atoms with Gasteiger partial charge >= 0.3 is 12.1 Å². The number of carboxylic acids is 1. The minimum Gasteiger partial charge on any atom is -0.490 e. The van der Waals surface area contributed by atoms with E-state index in [0.717, 1.165) is 38.1 Å². The van der Waals surface area contributed by atoms with Gasteiger partial charge in [-0.15, -0.1) is 0 Å². The van der Waals surface area contributed by atoms with Crippen molar-refractivity contribution in [3.63, 3.8) is 0 Å². The van der Waals surface area contributed by atoms with Crippen LogP contribution in [0.25, 0.3) is 0 Å². The number of rotatable bonds is 8. The molecule has 2 fully saturated rings. The molecule has 2 saturated heterocycles. The predicted molar refractivity (Wildman–Crippen MR) is 109 cm³/mol. The second kappa shape index (κ2) is 10.3. The average Bonchev–Trinajstić information content (AvgIpc) is 3.23. The van der Waals surface area contributed by atoms with Crippen molar-refractivity contribution in [3.8, 4) is 5.75 Å². The van der Waals surface area contributed by atoms with E-state index >= 15 is 0 Å². The first-order valence-corrected chi connectivity index (χ1v) is 10.3. The molecule has 2 aliphatic heterocycles. The highest BCUT2D eigenvalue weighted by molar-refractivity contribution is 5.80. The normalized spacial score (nSPS) is 22.3. The lowest BCUT2D eigenvalue weighted by atomic mass is 10.0. The minimum atomic E-state index is -0.959. The Morgan fingerprint density at radius 1 is 1.14 bits per heavy atom. The van der Waals surface area contributed by atoms with Crippen LogP contribution in [-0.2, 0) is 16.1 Å². The zero-order valence-electron chi connectivity index (χ0n) is 16.8.